The second-order valence-corrected chi connectivity index (χ2v) is 3.07. The third kappa shape index (κ3) is 3.03. The Morgan fingerprint density at radius 2 is 1.79 bits per heavy atom. The van der Waals surface area contributed by atoms with Gasteiger partial charge in [0.1, 0.15) is 6.04 Å². The summed E-state index contributed by atoms with van der Waals surface area (Å²) in [5, 5.41) is 2.27. The molecule has 1 atom stereocenters. The van der Waals surface area contributed by atoms with E-state index < -0.39 is 12.2 Å². The van der Waals surface area contributed by atoms with E-state index >= 15 is 0 Å². The maximum atomic E-state index is 12.3. The monoisotopic (exact) mass is 203 g/mol. The van der Waals surface area contributed by atoms with Crippen molar-refractivity contribution in [3.8, 4) is 0 Å². The highest BCUT2D eigenvalue weighted by Gasteiger charge is 2.38. The largest absolute Gasteiger partial charge is 0.404 e. The third-order valence-corrected chi connectivity index (χ3v) is 2.03. The number of benzene rings is 1. The minimum absolute atomic E-state index is 0.0269. The minimum atomic E-state index is -4.19. The fourth-order valence-electron chi connectivity index (χ4n) is 1.23. The van der Waals surface area contributed by atoms with E-state index in [2.05, 4.69) is 5.32 Å². The zero-order chi connectivity index (χ0) is 10.6. The molecule has 0 saturated carbocycles. The first-order chi connectivity index (χ1) is 6.54. The molecule has 0 amide bonds. The van der Waals surface area contributed by atoms with Crippen molar-refractivity contribution < 1.29 is 13.2 Å². The van der Waals surface area contributed by atoms with Crippen molar-refractivity contribution >= 4 is 0 Å². The predicted octanol–water partition coefficient (Wildman–Crippen LogP) is 2.38. The molecular formula is C10H12F3N. The molecule has 78 valence electrons. The van der Waals surface area contributed by atoms with Gasteiger partial charge in [-0.25, -0.2) is 0 Å². The molecule has 1 aromatic rings. The van der Waals surface area contributed by atoms with Crippen molar-refractivity contribution in [1.29, 1.82) is 0 Å². The zero-order valence-corrected chi connectivity index (χ0v) is 7.81. The highest BCUT2D eigenvalue weighted by molar-refractivity contribution is 5.16. The Labute approximate surface area is 80.9 Å². The molecule has 0 fully saturated rings. The van der Waals surface area contributed by atoms with Crippen molar-refractivity contribution in [3.05, 3.63) is 35.9 Å². The highest BCUT2D eigenvalue weighted by Crippen LogP contribution is 2.22. The molecule has 1 N–H and O–H groups in total. The van der Waals surface area contributed by atoms with Crippen LogP contribution in [-0.4, -0.2) is 19.3 Å². The lowest BCUT2D eigenvalue weighted by Gasteiger charge is -2.19. The van der Waals surface area contributed by atoms with Crippen LogP contribution in [0.15, 0.2) is 30.3 Å². The average Bonchev–Trinajstić information content (AvgIpc) is 2.14. The molecule has 0 aromatic heterocycles. The molecule has 14 heavy (non-hydrogen) atoms. The molecule has 4 heteroatoms. The molecule has 0 aliphatic carbocycles. The zero-order valence-electron chi connectivity index (χ0n) is 7.81. The summed E-state index contributed by atoms with van der Waals surface area (Å²) >= 11 is 0. The number of halogens is 3. The van der Waals surface area contributed by atoms with E-state index in [0.29, 0.717) is 5.56 Å². The van der Waals surface area contributed by atoms with Crippen LogP contribution in [0.2, 0.25) is 0 Å². The molecule has 0 saturated heterocycles. The van der Waals surface area contributed by atoms with E-state index in [1.807, 2.05) is 0 Å². The van der Waals surface area contributed by atoms with Crippen LogP contribution in [0, 0.1) is 0 Å². The molecule has 1 rings (SSSR count). The molecule has 0 aliphatic heterocycles. The van der Waals surface area contributed by atoms with Gasteiger partial charge in [0.25, 0.3) is 0 Å². The Hall–Kier alpha value is -1.03. The quantitative estimate of drug-likeness (QED) is 0.795. The number of alkyl halides is 3. The Kier molecular flexibility index (Phi) is 3.52. The lowest BCUT2D eigenvalue weighted by Crippen LogP contribution is -2.41. The summed E-state index contributed by atoms with van der Waals surface area (Å²) in [4.78, 5) is 0. The molecule has 0 bridgehead atoms. The van der Waals surface area contributed by atoms with Gasteiger partial charge >= 0.3 is 6.18 Å². The first-order valence-electron chi connectivity index (χ1n) is 4.32. The first-order valence-corrected chi connectivity index (χ1v) is 4.32. The van der Waals surface area contributed by atoms with Crippen LogP contribution in [-0.2, 0) is 6.42 Å². The molecule has 1 aromatic carbocycles. The van der Waals surface area contributed by atoms with Crippen LogP contribution < -0.4 is 5.32 Å². The van der Waals surface area contributed by atoms with Crippen LogP contribution in [0.1, 0.15) is 5.56 Å². The van der Waals surface area contributed by atoms with Gasteiger partial charge in [0, 0.05) is 0 Å². The number of rotatable bonds is 3. The number of likely N-dealkylation sites (N-methyl/N-ethyl adjacent to an activating group) is 1. The van der Waals surface area contributed by atoms with Crippen LogP contribution in [0.4, 0.5) is 13.2 Å². The first kappa shape index (κ1) is 11.0. The van der Waals surface area contributed by atoms with Crippen LogP contribution >= 0.6 is 0 Å². The fourth-order valence-corrected chi connectivity index (χ4v) is 1.23. The molecule has 0 heterocycles. The lowest BCUT2D eigenvalue weighted by atomic mass is 10.1. The van der Waals surface area contributed by atoms with Gasteiger partial charge in [-0.05, 0) is 19.0 Å². The maximum Gasteiger partial charge on any atom is 0.404 e. The van der Waals surface area contributed by atoms with Crippen LogP contribution in [0.25, 0.3) is 0 Å². The van der Waals surface area contributed by atoms with E-state index in [1.165, 1.54) is 7.05 Å². The summed E-state index contributed by atoms with van der Waals surface area (Å²) in [6.45, 7) is 0. The van der Waals surface area contributed by atoms with E-state index in [1.54, 1.807) is 30.3 Å². The van der Waals surface area contributed by atoms with Crippen molar-refractivity contribution in [1.82, 2.24) is 5.32 Å². The summed E-state index contributed by atoms with van der Waals surface area (Å²) in [5.74, 6) is 0. The van der Waals surface area contributed by atoms with Crippen LogP contribution in [0.3, 0.4) is 0 Å². The topological polar surface area (TPSA) is 12.0 Å². The van der Waals surface area contributed by atoms with Gasteiger partial charge in [0.2, 0.25) is 0 Å². The van der Waals surface area contributed by atoms with Gasteiger partial charge in [-0.2, -0.15) is 13.2 Å². The number of hydrogen-bond donors (Lipinski definition) is 1. The molecular weight excluding hydrogens is 191 g/mol. The molecule has 0 spiro atoms. The minimum Gasteiger partial charge on any atom is -0.309 e. The Morgan fingerprint density at radius 1 is 1.21 bits per heavy atom. The van der Waals surface area contributed by atoms with Crippen molar-refractivity contribution in [2.45, 2.75) is 18.6 Å². The van der Waals surface area contributed by atoms with E-state index in [0.717, 1.165) is 0 Å². The summed E-state index contributed by atoms with van der Waals surface area (Å²) in [7, 11) is 1.32. The molecule has 0 radical (unpaired) electrons. The molecule has 0 aliphatic rings. The fraction of sp³-hybridized carbons (Fsp3) is 0.400. The standard InChI is InChI=1S/C10H12F3N/c1-14-9(10(11,12)13)7-8-5-3-2-4-6-8/h2-6,9,14H,7H2,1H3. The van der Waals surface area contributed by atoms with Gasteiger partial charge in [-0.3, -0.25) is 0 Å². The van der Waals surface area contributed by atoms with Crippen molar-refractivity contribution in [3.63, 3.8) is 0 Å². The van der Waals surface area contributed by atoms with Crippen molar-refractivity contribution in [2.24, 2.45) is 0 Å². The average molecular weight is 203 g/mol. The van der Waals surface area contributed by atoms with Gasteiger partial charge in [0.15, 0.2) is 0 Å². The second-order valence-electron chi connectivity index (χ2n) is 3.07. The number of hydrogen-bond acceptors (Lipinski definition) is 1. The molecule has 1 unspecified atom stereocenters. The highest BCUT2D eigenvalue weighted by atomic mass is 19.4. The summed E-state index contributed by atoms with van der Waals surface area (Å²) in [5.41, 5.74) is 0.684. The molecule has 1 nitrogen and oxygen atoms in total. The smallest absolute Gasteiger partial charge is 0.309 e. The van der Waals surface area contributed by atoms with Gasteiger partial charge in [-0.15, -0.1) is 0 Å². The van der Waals surface area contributed by atoms with Gasteiger partial charge < -0.3 is 5.32 Å². The normalized spacial score (nSPS) is 14.0. The second kappa shape index (κ2) is 4.46. The van der Waals surface area contributed by atoms with Crippen LogP contribution in [0.5, 0.6) is 0 Å². The summed E-state index contributed by atoms with van der Waals surface area (Å²) in [6.07, 6.45) is -4.22. The van der Waals surface area contributed by atoms with E-state index in [4.69, 9.17) is 0 Å². The Morgan fingerprint density at radius 3 is 2.21 bits per heavy atom. The lowest BCUT2D eigenvalue weighted by molar-refractivity contribution is -0.154. The van der Waals surface area contributed by atoms with Crippen molar-refractivity contribution in [2.75, 3.05) is 7.05 Å². The number of nitrogens with one attached hydrogen (secondary N) is 1. The summed E-state index contributed by atoms with van der Waals surface area (Å²) < 4.78 is 37.0. The van der Waals surface area contributed by atoms with E-state index in [9.17, 15) is 13.2 Å². The SMILES string of the molecule is CNC(Cc1ccccc1)C(F)(F)F. The maximum absolute atomic E-state index is 12.3. The van der Waals surface area contributed by atoms with E-state index in [-0.39, 0.29) is 6.42 Å². The summed E-state index contributed by atoms with van der Waals surface area (Å²) in [6, 6.07) is 7.17. The Balaban J connectivity index is 2.67. The van der Waals surface area contributed by atoms with Gasteiger partial charge in [0.05, 0.1) is 0 Å². The predicted molar refractivity (Wildman–Crippen MR) is 49.0 cm³/mol. The van der Waals surface area contributed by atoms with Gasteiger partial charge in [-0.1, -0.05) is 30.3 Å². The third-order valence-electron chi connectivity index (χ3n) is 2.03. The Bertz CT molecular complexity index is 268.